The van der Waals surface area contributed by atoms with E-state index in [9.17, 15) is 9.59 Å². The molecule has 30 heavy (non-hydrogen) atoms. The van der Waals surface area contributed by atoms with E-state index in [0.717, 1.165) is 30.0 Å². The fourth-order valence-electron chi connectivity index (χ4n) is 4.50. The van der Waals surface area contributed by atoms with Crippen LogP contribution in [0.25, 0.3) is 0 Å². The number of hydrogen-bond donors (Lipinski definition) is 1. The highest BCUT2D eigenvalue weighted by atomic mass is 16.6. The summed E-state index contributed by atoms with van der Waals surface area (Å²) in [5.74, 6) is 0.203. The molecule has 7 nitrogen and oxygen atoms in total. The van der Waals surface area contributed by atoms with Gasteiger partial charge in [-0.25, -0.2) is 4.79 Å². The normalized spacial score (nSPS) is 27.0. The number of rotatable bonds is 1. The number of fused-ring (bicyclic) bond motifs is 1. The molecule has 3 rings (SSSR count). The van der Waals surface area contributed by atoms with Gasteiger partial charge in [0.05, 0.1) is 0 Å². The summed E-state index contributed by atoms with van der Waals surface area (Å²) in [6.45, 7) is 15.5. The van der Waals surface area contributed by atoms with Crippen LogP contribution < -0.4 is 15.5 Å². The van der Waals surface area contributed by atoms with Crippen molar-refractivity contribution in [2.75, 3.05) is 29.4 Å². The molecule has 0 aliphatic carbocycles. The molecule has 4 atom stereocenters. The first-order valence-electron chi connectivity index (χ1n) is 10.8. The van der Waals surface area contributed by atoms with E-state index in [-0.39, 0.29) is 36.0 Å². The molecule has 1 saturated heterocycles. The van der Waals surface area contributed by atoms with Gasteiger partial charge in [0.1, 0.15) is 5.60 Å². The highest BCUT2D eigenvalue weighted by Gasteiger charge is 2.37. The number of hydrogen-bond acceptors (Lipinski definition) is 5. The zero-order valence-corrected chi connectivity index (χ0v) is 19.3. The topological polar surface area (TPSA) is 79.1 Å². The second-order valence-electron chi connectivity index (χ2n) is 9.73. The summed E-state index contributed by atoms with van der Waals surface area (Å²) in [5.41, 5.74) is 9.05. The van der Waals surface area contributed by atoms with Gasteiger partial charge in [-0.1, -0.05) is 6.92 Å². The predicted molar refractivity (Wildman–Crippen MR) is 120 cm³/mol. The zero-order valence-electron chi connectivity index (χ0n) is 19.3. The summed E-state index contributed by atoms with van der Waals surface area (Å²) in [7, 11) is 0. The standard InChI is InChI=1S/C23H36N4O3/c1-14-13-25(10-11-26(14)22(29)30-23(5,6)7)18-8-9-20-19(12-18)21(24)15(2)16(3)27(20)17(4)28/h8-9,12,14-16,21H,10-11,13,24H2,1-7H3. The van der Waals surface area contributed by atoms with Gasteiger partial charge >= 0.3 is 6.09 Å². The van der Waals surface area contributed by atoms with E-state index in [0.29, 0.717) is 6.54 Å². The van der Waals surface area contributed by atoms with Gasteiger partial charge in [-0.15, -0.1) is 0 Å². The summed E-state index contributed by atoms with van der Waals surface area (Å²) >= 11 is 0. The van der Waals surface area contributed by atoms with Crippen molar-refractivity contribution in [3.8, 4) is 0 Å². The quantitative estimate of drug-likeness (QED) is 0.758. The molecule has 0 radical (unpaired) electrons. The summed E-state index contributed by atoms with van der Waals surface area (Å²) in [5, 5.41) is 0. The maximum Gasteiger partial charge on any atom is 0.410 e. The summed E-state index contributed by atoms with van der Waals surface area (Å²) in [6.07, 6.45) is -0.262. The molecule has 1 aromatic rings. The van der Waals surface area contributed by atoms with Gasteiger partial charge in [0.2, 0.25) is 5.91 Å². The summed E-state index contributed by atoms with van der Waals surface area (Å²) in [4.78, 5) is 30.7. The van der Waals surface area contributed by atoms with Crippen molar-refractivity contribution in [3.05, 3.63) is 23.8 Å². The van der Waals surface area contributed by atoms with Gasteiger partial charge in [0.15, 0.2) is 0 Å². The fraction of sp³-hybridized carbons (Fsp3) is 0.652. The fourth-order valence-corrected chi connectivity index (χ4v) is 4.50. The highest BCUT2D eigenvalue weighted by molar-refractivity contribution is 5.94. The second kappa shape index (κ2) is 8.10. The molecule has 2 aliphatic rings. The van der Waals surface area contributed by atoms with Crippen molar-refractivity contribution in [1.29, 1.82) is 0 Å². The number of nitrogens with zero attached hydrogens (tertiary/aromatic N) is 3. The van der Waals surface area contributed by atoms with Crippen molar-refractivity contribution in [1.82, 2.24) is 4.90 Å². The van der Waals surface area contributed by atoms with E-state index in [1.54, 1.807) is 11.8 Å². The summed E-state index contributed by atoms with van der Waals surface area (Å²) < 4.78 is 5.55. The Kier molecular flexibility index (Phi) is 6.05. The highest BCUT2D eigenvalue weighted by Crippen LogP contribution is 2.41. The molecule has 2 N–H and O–H groups in total. The Labute approximate surface area is 180 Å². The average Bonchev–Trinajstić information content (AvgIpc) is 2.64. The van der Waals surface area contributed by atoms with E-state index < -0.39 is 5.60 Å². The molecule has 1 fully saturated rings. The molecular weight excluding hydrogens is 380 g/mol. The Morgan fingerprint density at radius 1 is 1.13 bits per heavy atom. The van der Waals surface area contributed by atoms with Crippen LogP contribution >= 0.6 is 0 Å². The number of ether oxygens (including phenoxy) is 1. The molecule has 1 aromatic carbocycles. The van der Waals surface area contributed by atoms with E-state index in [1.165, 1.54) is 0 Å². The van der Waals surface area contributed by atoms with Crippen LogP contribution in [0, 0.1) is 5.92 Å². The molecule has 0 spiro atoms. The minimum atomic E-state index is -0.501. The molecule has 7 heteroatoms. The maximum atomic E-state index is 12.5. The lowest BCUT2D eigenvalue weighted by Gasteiger charge is -2.44. The first kappa shape index (κ1) is 22.4. The minimum Gasteiger partial charge on any atom is -0.444 e. The molecule has 2 heterocycles. The lowest BCUT2D eigenvalue weighted by Crippen LogP contribution is -2.55. The number of benzene rings is 1. The van der Waals surface area contributed by atoms with Crippen molar-refractivity contribution in [2.24, 2.45) is 11.7 Å². The van der Waals surface area contributed by atoms with Crippen molar-refractivity contribution >= 4 is 23.4 Å². The third-order valence-electron chi connectivity index (χ3n) is 6.32. The Morgan fingerprint density at radius 3 is 2.37 bits per heavy atom. The number of amides is 2. The molecule has 2 amide bonds. The number of carbonyl (C=O) groups excluding carboxylic acids is 2. The van der Waals surface area contributed by atoms with Crippen LogP contribution in [-0.2, 0) is 9.53 Å². The number of carbonyl (C=O) groups is 2. The van der Waals surface area contributed by atoms with Gasteiger partial charge < -0.3 is 25.2 Å². The Bertz CT molecular complexity index is 819. The van der Waals surface area contributed by atoms with Crippen LogP contribution in [0.5, 0.6) is 0 Å². The van der Waals surface area contributed by atoms with Crippen LogP contribution in [-0.4, -0.2) is 54.2 Å². The van der Waals surface area contributed by atoms with E-state index in [4.69, 9.17) is 10.5 Å². The Morgan fingerprint density at radius 2 is 1.80 bits per heavy atom. The van der Waals surface area contributed by atoms with Crippen LogP contribution in [0.3, 0.4) is 0 Å². The van der Waals surface area contributed by atoms with Crippen LogP contribution in [0.2, 0.25) is 0 Å². The molecule has 4 unspecified atom stereocenters. The SMILES string of the molecule is CC(=O)N1c2ccc(N3CCN(C(=O)OC(C)(C)C)C(C)C3)cc2C(N)C(C)C1C. The van der Waals surface area contributed by atoms with Crippen molar-refractivity contribution < 1.29 is 14.3 Å². The first-order chi connectivity index (χ1) is 13.9. The number of anilines is 2. The number of nitrogens with two attached hydrogens (primary N) is 1. The molecular formula is C23H36N4O3. The Balaban J connectivity index is 1.81. The zero-order chi connectivity index (χ0) is 22.4. The molecule has 0 aromatic heterocycles. The van der Waals surface area contributed by atoms with E-state index >= 15 is 0 Å². The third-order valence-corrected chi connectivity index (χ3v) is 6.32. The molecule has 166 valence electrons. The molecule has 0 bridgehead atoms. The lowest BCUT2D eigenvalue weighted by atomic mass is 9.83. The van der Waals surface area contributed by atoms with Crippen LogP contribution in [0.4, 0.5) is 16.2 Å². The largest absolute Gasteiger partial charge is 0.444 e. The van der Waals surface area contributed by atoms with Crippen molar-refractivity contribution in [2.45, 2.75) is 72.2 Å². The van der Waals surface area contributed by atoms with Gasteiger partial charge in [-0.3, -0.25) is 4.79 Å². The van der Waals surface area contributed by atoms with E-state index in [2.05, 4.69) is 30.9 Å². The first-order valence-corrected chi connectivity index (χ1v) is 10.8. The van der Waals surface area contributed by atoms with Gasteiger partial charge in [0, 0.05) is 56.1 Å². The predicted octanol–water partition coefficient (Wildman–Crippen LogP) is 3.52. The maximum absolute atomic E-state index is 12.5. The van der Waals surface area contributed by atoms with Crippen LogP contribution in [0.1, 0.15) is 60.1 Å². The second-order valence-corrected chi connectivity index (χ2v) is 9.73. The average molecular weight is 417 g/mol. The van der Waals surface area contributed by atoms with Gasteiger partial charge in [-0.2, -0.15) is 0 Å². The monoisotopic (exact) mass is 416 g/mol. The smallest absolute Gasteiger partial charge is 0.410 e. The van der Waals surface area contributed by atoms with Gasteiger partial charge in [-0.05, 0) is 64.3 Å². The van der Waals surface area contributed by atoms with Crippen LogP contribution in [0.15, 0.2) is 18.2 Å². The minimum absolute atomic E-state index is 0.0333. The molecule has 2 aliphatic heterocycles. The Hall–Kier alpha value is -2.28. The molecule has 0 saturated carbocycles. The van der Waals surface area contributed by atoms with E-state index in [1.807, 2.05) is 38.7 Å². The third kappa shape index (κ3) is 4.26. The summed E-state index contributed by atoms with van der Waals surface area (Å²) in [6, 6.07) is 6.17. The van der Waals surface area contributed by atoms with Gasteiger partial charge in [0.25, 0.3) is 0 Å². The van der Waals surface area contributed by atoms with Crippen molar-refractivity contribution in [3.63, 3.8) is 0 Å². The lowest BCUT2D eigenvalue weighted by molar-refractivity contribution is -0.117. The number of piperazine rings is 1.